The number of hydrogen-bond acceptors (Lipinski definition) is 4. The van der Waals surface area contributed by atoms with Gasteiger partial charge in [-0.2, -0.15) is 0 Å². The molecule has 0 radical (unpaired) electrons. The number of amides is 1. The molecular formula is C23H24N4O2. The average molecular weight is 388 g/mol. The van der Waals surface area contributed by atoms with Crippen molar-refractivity contribution >= 4 is 16.9 Å². The zero-order valence-corrected chi connectivity index (χ0v) is 16.3. The van der Waals surface area contributed by atoms with Crippen LogP contribution in [-0.4, -0.2) is 43.2 Å². The van der Waals surface area contributed by atoms with E-state index in [0.717, 1.165) is 55.4 Å². The van der Waals surface area contributed by atoms with Crippen LogP contribution in [0.25, 0.3) is 22.3 Å². The van der Waals surface area contributed by atoms with E-state index in [2.05, 4.69) is 27.8 Å². The highest BCUT2D eigenvalue weighted by molar-refractivity contribution is 5.88. The SMILES string of the molecule is C=CC(=O)N1CCC[C@]12CC[C@H](c1cc3cc(-c4ccccc4O)nnc3[nH]1)C2. The summed E-state index contributed by atoms with van der Waals surface area (Å²) in [4.78, 5) is 17.8. The number of hydrogen-bond donors (Lipinski definition) is 2. The molecular weight excluding hydrogens is 364 g/mol. The Hall–Kier alpha value is -3.15. The van der Waals surface area contributed by atoms with Crippen LogP contribution in [0.4, 0.5) is 0 Å². The van der Waals surface area contributed by atoms with E-state index in [-0.39, 0.29) is 17.2 Å². The van der Waals surface area contributed by atoms with Gasteiger partial charge in [0.1, 0.15) is 5.75 Å². The number of carbonyl (C=O) groups excluding carboxylic acids is 1. The largest absolute Gasteiger partial charge is 0.507 e. The minimum atomic E-state index is -0.0279. The molecule has 2 atom stereocenters. The lowest BCUT2D eigenvalue weighted by atomic mass is 9.91. The Morgan fingerprint density at radius 1 is 1.28 bits per heavy atom. The number of nitrogens with one attached hydrogen (secondary N) is 1. The number of aromatic hydroxyl groups is 1. The Labute approximate surface area is 169 Å². The second kappa shape index (κ2) is 6.72. The normalized spacial score (nSPS) is 23.9. The summed E-state index contributed by atoms with van der Waals surface area (Å²) in [6.07, 6.45) is 6.63. The number of likely N-dealkylation sites (tertiary alicyclic amines) is 1. The van der Waals surface area contributed by atoms with Crippen molar-refractivity contribution < 1.29 is 9.90 Å². The number of carbonyl (C=O) groups is 1. The molecule has 0 bridgehead atoms. The zero-order chi connectivity index (χ0) is 20.0. The van der Waals surface area contributed by atoms with Crippen molar-refractivity contribution in [2.45, 2.75) is 43.6 Å². The number of aromatic nitrogens is 3. The molecule has 1 aliphatic carbocycles. The van der Waals surface area contributed by atoms with Gasteiger partial charge in [-0.3, -0.25) is 4.79 Å². The van der Waals surface area contributed by atoms with Crippen molar-refractivity contribution in [1.82, 2.24) is 20.1 Å². The molecule has 29 heavy (non-hydrogen) atoms. The third kappa shape index (κ3) is 2.90. The van der Waals surface area contributed by atoms with Crippen LogP contribution in [0.3, 0.4) is 0 Å². The van der Waals surface area contributed by atoms with E-state index in [1.165, 1.54) is 6.08 Å². The van der Waals surface area contributed by atoms with Crippen molar-refractivity contribution in [2.24, 2.45) is 0 Å². The first-order valence-corrected chi connectivity index (χ1v) is 10.2. The standard InChI is InChI=1S/C23H24N4O2/c1-2-21(29)27-11-5-9-23(27)10-8-15(14-23)18-12-16-13-19(25-26-22(16)24-18)17-6-3-4-7-20(17)28/h2-4,6-7,12-13,15,28H,1,5,8-11,14H2,(H,24,26)/t15-,23+/m0/s1. The molecule has 6 nitrogen and oxygen atoms in total. The van der Waals surface area contributed by atoms with Crippen LogP contribution in [0.2, 0.25) is 0 Å². The smallest absolute Gasteiger partial charge is 0.246 e. The van der Waals surface area contributed by atoms with Gasteiger partial charge in [0, 0.05) is 34.6 Å². The Morgan fingerprint density at radius 2 is 2.14 bits per heavy atom. The fourth-order valence-electron chi connectivity index (χ4n) is 5.23. The highest BCUT2D eigenvalue weighted by atomic mass is 16.3. The van der Waals surface area contributed by atoms with Crippen LogP contribution in [0.15, 0.2) is 49.1 Å². The van der Waals surface area contributed by atoms with E-state index in [1.54, 1.807) is 12.1 Å². The fourth-order valence-corrected chi connectivity index (χ4v) is 5.23. The Morgan fingerprint density at radius 3 is 2.97 bits per heavy atom. The molecule has 1 spiro atoms. The van der Waals surface area contributed by atoms with Gasteiger partial charge in [0.25, 0.3) is 0 Å². The van der Waals surface area contributed by atoms with Gasteiger partial charge in [-0.15, -0.1) is 10.2 Å². The van der Waals surface area contributed by atoms with Crippen LogP contribution in [-0.2, 0) is 4.79 Å². The van der Waals surface area contributed by atoms with Crippen LogP contribution in [0.5, 0.6) is 5.75 Å². The van der Waals surface area contributed by atoms with Gasteiger partial charge in [0.15, 0.2) is 5.65 Å². The molecule has 2 fully saturated rings. The first kappa shape index (κ1) is 17.9. The third-order valence-electron chi connectivity index (χ3n) is 6.64. The van der Waals surface area contributed by atoms with Crippen molar-refractivity contribution in [3.05, 3.63) is 54.7 Å². The molecule has 1 saturated carbocycles. The molecule has 3 aromatic rings. The van der Waals surface area contributed by atoms with Gasteiger partial charge in [-0.05, 0) is 62.4 Å². The molecule has 1 amide bonds. The highest BCUT2D eigenvalue weighted by Gasteiger charge is 2.48. The molecule has 1 aromatic carbocycles. The molecule has 0 unspecified atom stereocenters. The van der Waals surface area contributed by atoms with Gasteiger partial charge in [-0.1, -0.05) is 18.7 Å². The maximum absolute atomic E-state index is 12.3. The Bertz CT molecular complexity index is 1110. The number of phenols is 1. The molecule has 2 aliphatic rings. The average Bonchev–Trinajstić information content (AvgIpc) is 3.46. The fraction of sp³-hybridized carbons (Fsp3) is 0.348. The van der Waals surface area contributed by atoms with Crippen molar-refractivity contribution in [2.75, 3.05) is 6.54 Å². The monoisotopic (exact) mass is 388 g/mol. The second-order valence-corrected chi connectivity index (χ2v) is 8.24. The molecule has 5 rings (SSSR count). The van der Waals surface area contributed by atoms with E-state index < -0.39 is 0 Å². The third-order valence-corrected chi connectivity index (χ3v) is 6.64. The van der Waals surface area contributed by atoms with Gasteiger partial charge < -0.3 is 15.0 Å². The number of aromatic amines is 1. The maximum atomic E-state index is 12.3. The minimum Gasteiger partial charge on any atom is -0.507 e. The van der Waals surface area contributed by atoms with E-state index in [9.17, 15) is 9.90 Å². The van der Waals surface area contributed by atoms with Crippen LogP contribution >= 0.6 is 0 Å². The summed E-state index contributed by atoms with van der Waals surface area (Å²) in [6.45, 7) is 4.51. The van der Waals surface area contributed by atoms with Crippen LogP contribution in [0.1, 0.15) is 43.7 Å². The lowest BCUT2D eigenvalue weighted by Gasteiger charge is -2.34. The Balaban J connectivity index is 1.44. The summed E-state index contributed by atoms with van der Waals surface area (Å²) in [6, 6.07) is 11.3. The quantitative estimate of drug-likeness (QED) is 0.661. The van der Waals surface area contributed by atoms with Gasteiger partial charge in [0.05, 0.1) is 5.69 Å². The number of nitrogens with zero attached hydrogens (tertiary/aromatic N) is 3. The van der Waals surface area contributed by atoms with Crippen molar-refractivity contribution in [1.29, 1.82) is 0 Å². The maximum Gasteiger partial charge on any atom is 0.246 e. The first-order valence-electron chi connectivity index (χ1n) is 10.2. The lowest BCUT2D eigenvalue weighted by molar-refractivity contribution is -0.129. The molecule has 148 valence electrons. The van der Waals surface area contributed by atoms with E-state index in [0.29, 0.717) is 17.2 Å². The second-order valence-electron chi connectivity index (χ2n) is 8.24. The van der Waals surface area contributed by atoms with Gasteiger partial charge in [-0.25, -0.2) is 0 Å². The number of para-hydroxylation sites is 1. The number of benzene rings is 1. The van der Waals surface area contributed by atoms with E-state index in [1.807, 2.05) is 23.1 Å². The molecule has 3 heterocycles. The number of rotatable bonds is 3. The van der Waals surface area contributed by atoms with Crippen LogP contribution < -0.4 is 0 Å². The summed E-state index contributed by atoms with van der Waals surface area (Å²) in [5, 5.41) is 19.7. The zero-order valence-electron chi connectivity index (χ0n) is 16.3. The topological polar surface area (TPSA) is 82.1 Å². The summed E-state index contributed by atoms with van der Waals surface area (Å²) < 4.78 is 0. The predicted octanol–water partition coefficient (Wildman–Crippen LogP) is 4.15. The molecule has 2 aromatic heterocycles. The number of phenolic OH excluding ortho intramolecular Hbond substituents is 1. The summed E-state index contributed by atoms with van der Waals surface area (Å²) in [7, 11) is 0. The van der Waals surface area contributed by atoms with Gasteiger partial charge >= 0.3 is 0 Å². The molecule has 1 saturated heterocycles. The number of H-pyrrole nitrogens is 1. The van der Waals surface area contributed by atoms with Gasteiger partial charge in [0.2, 0.25) is 5.91 Å². The molecule has 2 N–H and O–H groups in total. The predicted molar refractivity (Wildman–Crippen MR) is 111 cm³/mol. The molecule has 1 aliphatic heterocycles. The highest BCUT2D eigenvalue weighted by Crippen LogP contribution is 2.49. The van der Waals surface area contributed by atoms with E-state index >= 15 is 0 Å². The van der Waals surface area contributed by atoms with Crippen LogP contribution in [0, 0.1) is 0 Å². The van der Waals surface area contributed by atoms with Crippen molar-refractivity contribution in [3.63, 3.8) is 0 Å². The van der Waals surface area contributed by atoms with E-state index in [4.69, 9.17) is 0 Å². The minimum absolute atomic E-state index is 0.0279. The summed E-state index contributed by atoms with van der Waals surface area (Å²) in [5.74, 6) is 0.622. The lowest BCUT2D eigenvalue weighted by Crippen LogP contribution is -2.44. The van der Waals surface area contributed by atoms with Crippen molar-refractivity contribution in [3.8, 4) is 17.0 Å². The molecule has 6 heteroatoms. The Kier molecular flexibility index (Phi) is 4.15. The number of fused-ring (bicyclic) bond motifs is 1. The first-order chi connectivity index (χ1) is 14.1. The summed E-state index contributed by atoms with van der Waals surface area (Å²) >= 11 is 0. The summed E-state index contributed by atoms with van der Waals surface area (Å²) in [5.41, 5.74) is 3.21.